The number of hydrogen-bond acceptors (Lipinski definition) is 4. The first-order valence-corrected chi connectivity index (χ1v) is 11.8. The Labute approximate surface area is 191 Å². The highest BCUT2D eigenvalue weighted by Gasteiger charge is 2.33. The molecule has 7 nitrogen and oxygen atoms in total. The number of carbonyl (C=O) groups excluding carboxylic acids is 3. The van der Waals surface area contributed by atoms with Crippen molar-refractivity contribution in [1.29, 1.82) is 0 Å². The Morgan fingerprint density at radius 3 is 2.12 bits per heavy atom. The van der Waals surface area contributed by atoms with Crippen LogP contribution in [-0.4, -0.2) is 65.5 Å². The van der Waals surface area contributed by atoms with Crippen LogP contribution in [-0.2, 0) is 20.7 Å². The Bertz CT molecular complexity index is 774. The van der Waals surface area contributed by atoms with E-state index >= 15 is 0 Å². The average Bonchev–Trinajstić information content (AvgIpc) is 2.77. The molecule has 1 aromatic carbocycles. The van der Waals surface area contributed by atoms with E-state index in [2.05, 4.69) is 5.32 Å². The molecule has 0 atom stereocenters. The van der Waals surface area contributed by atoms with Crippen molar-refractivity contribution in [2.75, 3.05) is 26.2 Å². The molecule has 0 spiro atoms. The standard InChI is InChI=1S/C25H37N3O4/c1-25(2,3)32-24(31)28-15-11-20(12-16-28)23(30)27-17-13-21(14-18-27)26-22(29)10-9-19-7-5-4-6-8-19/h4-8,20-21H,9-18H2,1-3H3,(H,26,29). The summed E-state index contributed by atoms with van der Waals surface area (Å²) in [5.74, 6) is 0.224. The minimum absolute atomic E-state index is 0.0364. The lowest BCUT2D eigenvalue weighted by molar-refractivity contribution is -0.138. The van der Waals surface area contributed by atoms with Crippen molar-refractivity contribution in [3.8, 4) is 0 Å². The summed E-state index contributed by atoms with van der Waals surface area (Å²) in [5, 5.41) is 3.13. The lowest BCUT2D eigenvalue weighted by Crippen LogP contribution is -2.50. The molecule has 176 valence electrons. The molecule has 3 amide bonds. The fraction of sp³-hybridized carbons (Fsp3) is 0.640. The lowest BCUT2D eigenvalue weighted by Gasteiger charge is -2.37. The average molecular weight is 444 g/mol. The molecule has 0 aromatic heterocycles. The van der Waals surface area contributed by atoms with E-state index in [1.807, 2.05) is 56.0 Å². The quantitative estimate of drug-likeness (QED) is 0.757. The van der Waals surface area contributed by atoms with Gasteiger partial charge in [0.15, 0.2) is 0 Å². The first-order valence-electron chi connectivity index (χ1n) is 11.8. The van der Waals surface area contributed by atoms with Gasteiger partial charge in [-0.3, -0.25) is 9.59 Å². The Morgan fingerprint density at radius 2 is 1.53 bits per heavy atom. The predicted octanol–water partition coefficient (Wildman–Crippen LogP) is 3.37. The van der Waals surface area contributed by atoms with Gasteiger partial charge in [-0.1, -0.05) is 30.3 Å². The van der Waals surface area contributed by atoms with E-state index in [0.29, 0.717) is 45.4 Å². The monoisotopic (exact) mass is 443 g/mol. The van der Waals surface area contributed by atoms with Gasteiger partial charge in [-0.25, -0.2) is 4.79 Å². The zero-order valence-corrected chi connectivity index (χ0v) is 19.6. The molecule has 2 saturated heterocycles. The molecule has 3 rings (SSSR count). The summed E-state index contributed by atoms with van der Waals surface area (Å²) in [4.78, 5) is 41.1. The first kappa shape index (κ1) is 24.1. The molecule has 32 heavy (non-hydrogen) atoms. The third-order valence-electron chi connectivity index (χ3n) is 6.15. The number of nitrogens with zero attached hydrogens (tertiary/aromatic N) is 2. The van der Waals surface area contributed by atoms with Crippen LogP contribution in [0.3, 0.4) is 0 Å². The Hall–Kier alpha value is -2.57. The van der Waals surface area contributed by atoms with Gasteiger partial charge in [0, 0.05) is 44.6 Å². The largest absolute Gasteiger partial charge is 0.444 e. The Morgan fingerprint density at radius 1 is 0.938 bits per heavy atom. The van der Waals surface area contributed by atoms with Crippen LogP contribution in [0, 0.1) is 5.92 Å². The molecule has 0 bridgehead atoms. The maximum absolute atomic E-state index is 13.0. The molecule has 1 N–H and O–H groups in total. The molecule has 2 aliphatic heterocycles. The van der Waals surface area contributed by atoms with Crippen LogP contribution in [0.5, 0.6) is 0 Å². The van der Waals surface area contributed by atoms with E-state index < -0.39 is 5.60 Å². The van der Waals surface area contributed by atoms with Gasteiger partial charge in [-0.05, 0) is 58.4 Å². The zero-order chi connectivity index (χ0) is 23.1. The number of benzene rings is 1. The topological polar surface area (TPSA) is 79.0 Å². The van der Waals surface area contributed by atoms with Crippen molar-refractivity contribution >= 4 is 17.9 Å². The summed E-state index contributed by atoms with van der Waals surface area (Å²) in [6, 6.07) is 10.2. The molecular formula is C25H37N3O4. The number of nitrogens with one attached hydrogen (secondary N) is 1. The van der Waals surface area contributed by atoms with Crippen LogP contribution in [0.25, 0.3) is 0 Å². The molecule has 1 aromatic rings. The number of rotatable bonds is 5. The van der Waals surface area contributed by atoms with Crippen molar-refractivity contribution in [1.82, 2.24) is 15.1 Å². The molecule has 2 heterocycles. The predicted molar refractivity (Wildman–Crippen MR) is 123 cm³/mol. The highest BCUT2D eigenvalue weighted by molar-refractivity contribution is 5.80. The normalized spacial score (nSPS) is 18.3. The SMILES string of the molecule is CC(C)(C)OC(=O)N1CCC(C(=O)N2CCC(NC(=O)CCc3ccccc3)CC2)CC1. The van der Waals surface area contributed by atoms with Crippen molar-refractivity contribution in [3.63, 3.8) is 0 Å². The summed E-state index contributed by atoms with van der Waals surface area (Å²) < 4.78 is 5.43. The minimum atomic E-state index is -0.509. The first-order chi connectivity index (χ1) is 15.2. The van der Waals surface area contributed by atoms with Crippen molar-refractivity contribution in [3.05, 3.63) is 35.9 Å². The van der Waals surface area contributed by atoms with E-state index in [1.54, 1.807) is 4.90 Å². The van der Waals surface area contributed by atoms with E-state index in [-0.39, 0.29) is 29.9 Å². The van der Waals surface area contributed by atoms with Crippen molar-refractivity contribution in [2.45, 2.75) is 70.9 Å². The summed E-state index contributed by atoms with van der Waals surface area (Å²) in [6.45, 7) is 8.03. The number of amides is 3. The second-order valence-electron chi connectivity index (χ2n) is 9.89. The fourth-order valence-corrected chi connectivity index (χ4v) is 4.34. The number of likely N-dealkylation sites (tertiary alicyclic amines) is 2. The molecule has 0 saturated carbocycles. The molecule has 2 aliphatic rings. The third-order valence-corrected chi connectivity index (χ3v) is 6.15. The minimum Gasteiger partial charge on any atom is -0.444 e. The highest BCUT2D eigenvalue weighted by atomic mass is 16.6. The lowest BCUT2D eigenvalue weighted by atomic mass is 9.94. The smallest absolute Gasteiger partial charge is 0.410 e. The summed E-state index contributed by atoms with van der Waals surface area (Å²) in [5.41, 5.74) is 0.659. The van der Waals surface area contributed by atoms with Crippen molar-refractivity contribution in [2.24, 2.45) is 5.92 Å². The maximum atomic E-state index is 13.0. The van der Waals surface area contributed by atoms with Crippen LogP contribution >= 0.6 is 0 Å². The molecule has 7 heteroatoms. The van der Waals surface area contributed by atoms with E-state index in [1.165, 1.54) is 5.56 Å². The number of piperidine rings is 2. The molecule has 0 radical (unpaired) electrons. The van der Waals surface area contributed by atoms with Crippen LogP contribution in [0.1, 0.15) is 58.4 Å². The van der Waals surface area contributed by atoms with E-state index in [4.69, 9.17) is 4.74 Å². The second kappa shape index (κ2) is 10.8. The third kappa shape index (κ3) is 7.24. The van der Waals surface area contributed by atoms with Crippen LogP contribution < -0.4 is 5.32 Å². The summed E-state index contributed by atoms with van der Waals surface area (Å²) in [7, 11) is 0. The molecule has 2 fully saturated rings. The zero-order valence-electron chi connectivity index (χ0n) is 19.6. The second-order valence-corrected chi connectivity index (χ2v) is 9.89. The molecule has 0 aliphatic carbocycles. The van der Waals surface area contributed by atoms with Crippen LogP contribution in [0.2, 0.25) is 0 Å². The van der Waals surface area contributed by atoms with Gasteiger partial charge in [0.1, 0.15) is 5.60 Å². The molecular weight excluding hydrogens is 406 g/mol. The van der Waals surface area contributed by atoms with Gasteiger partial charge in [-0.2, -0.15) is 0 Å². The fourth-order valence-electron chi connectivity index (χ4n) is 4.34. The van der Waals surface area contributed by atoms with Crippen LogP contribution in [0.4, 0.5) is 4.79 Å². The number of aryl methyl sites for hydroxylation is 1. The number of carbonyl (C=O) groups is 3. The number of hydrogen-bond donors (Lipinski definition) is 1. The highest BCUT2D eigenvalue weighted by Crippen LogP contribution is 2.23. The summed E-state index contributed by atoms with van der Waals surface area (Å²) in [6.07, 6.45) is 3.86. The maximum Gasteiger partial charge on any atom is 0.410 e. The number of ether oxygens (including phenoxy) is 1. The van der Waals surface area contributed by atoms with Gasteiger partial charge in [-0.15, -0.1) is 0 Å². The van der Waals surface area contributed by atoms with Gasteiger partial charge >= 0.3 is 6.09 Å². The molecule has 0 unspecified atom stereocenters. The van der Waals surface area contributed by atoms with Gasteiger partial charge in [0.05, 0.1) is 0 Å². The van der Waals surface area contributed by atoms with Crippen molar-refractivity contribution < 1.29 is 19.1 Å². The Balaban J connectivity index is 1.35. The van der Waals surface area contributed by atoms with Gasteiger partial charge in [0.2, 0.25) is 11.8 Å². The van der Waals surface area contributed by atoms with E-state index in [0.717, 1.165) is 19.3 Å². The van der Waals surface area contributed by atoms with Crippen LogP contribution in [0.15, 0.2) is 30.3 Å². The van der Waals surface area contributed by atoms with Gasteiger partial charge < -0.3 is 19.9 Å². The summed E-state index contributed by atoms with van der Waals surface area (Å²) >= 11 is 0. The Kier molecular flexibility index (Phi) is 8.15. The van der Waals surface area contributed by atoms with E-state index in [9.17, 15) is 14.4 Å². The van der Waals surface area contributed by atoms with Gasteiger partial charge in [0.25, 0.3) is 0 Å².